The summed E-state index contributed by atoms with van der Waals surface area (Å²) in [7, 11) is 1.55. The molecule has 0 heterocycles. The lowest BCUT2D eigenvalue weighted by Crippen LogP contribution is -2.49. The normalized spacial score (nSPS) is 11.7. The van der Waals surface area contributed by atoms with Gasteiger partial charge in [-0.3, -0.25) is 9.59 Å². The minimum atomic E-state index is -0.726. The molecule has 2 N–H and O–H groups in total. The van der Waals surface area contributed by atoms with Crippen molar-refractivity contribution in [3.8, 4) is 5.75 Å². The number of halogens is 1. The third kappa shape index (κ3) is 5.05. The fourth-order valence-corrected chi connectivity index (χ4v) is 2.44. The highest BCUT2D eigenvalue weighted by atomic mass is 19.1. The molecule has 2 aromatic rings. The number of rotatable bonds is 7. The van der Waals surface area contributed by atoms with Gasteiger partial charge in [0, 0.05) is 17.7 Å². The molecule has 0 spiro atoms. The largest absolute Gasteiger partial charge is 0.497 e. The van der Waals surface area contributed by atoms with E-state index in [1.807, 2.05) is 13.8 Å². The van der Waals surface area contributed by atoms with Crippen LogP contribution in [-0.2, 0) is 11.3 Å². The van der Waals surface area contributed by atoms with Crippen LogP contribution in [0.4, 0.5) is 4.39 Å². The minimum Gasteiger partial charge on any atom is -0.497 e. The molecule has 0 saturated carbocycles. The predicted molar refractivity (Wildman–Crippen MR) is 97.3 cm³/mol. The van der Waals surface area contributed by atoms with E-state index in [0.717, 1.165) is 0 Å². The number of ether oxygens (including phenoxy) is 1. The number of amides is 2. The van der Waals surface area contributed by atoms with Gasteiger partial charge in [0.1, 0.15) is 17.6 Å². The molecule has 0 fully saturated rings. The maximum atomic E-state index is 13.7. The fraction of sp³-hybridized carbons (Fsp3) is 0.300. The Labute approximate surface area is 152 Å². The summed E-state index contributed by atoms with van der Waals surface area (Å²) in [4.78, 5) is 24.9. The van der Waals surface area contributed by atoms with Crippen LogP contribution in [0.3, 0.4) is 0 Å². The Bertz CT molecular complexity index is 760. The van der Waals surface area contributed by atoms with Gasteiger partial charge in [-0.05, 0) is 36.2 Å². The highest BCUT2D eigenvalue weighted by molar-refractivity contribution is 5.97. The average Bonchev–Trinajstić information content (AvgIpc) is 2.64. The summed E-state index contributed by atoms with van der Waals surface area (Å²) < 4.78 is 18.7. The summed E-state index contributed by atoms with van der Waals surface area (Å²) in [5.41, 5.74) is 0.822. The van der Waals surface area contributed by atoms with Gasteiger partial charge < -0.3 is 15.4 Å². The Hall–Kier alpha value is -2.89. The summed E-state index contributed by atoms with van der Waals surface area (Å²) in [6, 6.07) is 12.1. The molecule has 0 bridgehead atoms. The predicted octanol–water partition coefficient (Wildman–Crippen LogP) is 2.91. The molecule has 0 aliphatic carbocycles. The Morgan fingerprint density at radius 3 is 2.31 bits per heavy atom. The molecule has 1 atom stereocenters. The Morgan fingerprint density at radius 1 is 1.08 bits per heavy atom. The van der Waals surface area contributed by atoms with E-state index in [0.29, 0.717) is 16.9 Å². The van der Waals surface area contributed by atoms with E-state index in [1.54, 1.807) is 49.6 Å². The van der Waals surface area contributed by atoms with Crippen LogP contribution < -0.4 is 15.4 Å². The molecular weight excluding hydrogens is 335 g/mol. The van der Waals surface area contributed by atoms with Gasteiger partial charge in [0.25, 0.3) is 5.91 Å². The third-order valence-electron chi connectivity index (χ3n) is 4.00. The van der Waals surface area contributed by atoms with Crippen molar-refractivity contribution in [1.29, 1.82) is 0 Å². The van der Waals surface area contributed by atoms with Gasteiger partial charge in [-0.25, -0.2) is 4.39 Å². The van der Waals surface area contributed by atoms with Crippen LogP contribution in [0.1, 0.15) is 29.8 Å². The standard InChI is InChI=1S/C20H23FN2O3/c1-13(2)18(20(25)22-12-15-6-4-5-7-17(15)21)23-19(24)14-8-10-16(26-3)11-9-14/h4-11,13,18H,12H2,1-3H3,(H,22,25)(H,23,24)/t18-/m1/s1. The van der Waals surface area contributed by atoms with Crippen LogP contribution in [0.2, 0.25) is 0 Å². The maximum Gasteiger partial charge on any atom is 0.251 e. The highest BCUT2D eigenvalue weighted by Gasteiger charge is 2.24. The first-order valence-electron chi connectivity index (χ1n) is 8.38. The van der Waals surface area contributed by atoms with E-state index in [1.165, 1.54) is 6.07 Å². The highest BCUT2D eigenvalue weighted by Crippen LogP contribution is 2.12. The Kier molecular flexibility index (Phi) is 6.72. The lowest BCUT2D eigenvalue weighted by molar-refractivity contribution is -0.124. The summed E-state index contributed by atoms with van der Waals surface area (Å²) in [6.07, 6.45) is 0. The number of methoxy groups -OCH3 is 1. The van der Waals surface area contributed by atoms with Crippen molar-refractivity contribution in [1.82, 2.24) is 10.6 Å². The lowest BCUT2D eigenvalue weighted by Gasteiger charge is -2.22. The summed E-state index contributed by atoms with van der Waals surface area (Å²) in [5.74, 6) is -0.573. The lowest BCUT2D eigenvalue weighted by atomic mass is 10.0. The number of benzene rings is 2. The number of nitrogens with one attached hydrogen (secondary N) is 2. The first-order chi connectivity index (χ1) is 12.4. The van der Waals surface area contributed by atoms with E-state index in [9.17, 15) is 14.0 Å². The van der Waals surface area contributed by atoms with Crippen LogP contribution in [0, 0.1) is 11.7 Å². The fourth-order valence-electron chi connectivity index (χ4n) is 2.44. The molecule has 2 rings (SSSR count). The molecule has 0 aromatic heterocycles. The van der Waals surface area contributed by atoms with Crippen molar-refractivity contribution in [3.63, 3.8) is 0 Å². The quantitative estimate of drug-likeness (QED) is 0.800. The van der Waals surface area contributed by atoms with E-state index >= 15 is 0 Å². The molecule has 0 saturated heterocycles. The van der Waals surface area contributed by atoms with E-state index < -0.39 is 6.04 Å². The second-order valence-electron chi connectivity index (χ2n) is 6.23. The zero-order valence-corrected chi connectivity index (χ0v) is 15.1. The van der Waals surface area contributed by atoms with Gasteiger partial charge in [0.05, 0.1) is 7.11 Å². The van der Waals surface area contributed by atoms with Crippen molar-refractivity contribution in [2.75, 3.05) is 7.11 Å². The van der Waals surface area contributed by atoms with E-state index in [-0.39, 0.29) is 30.1 Å². The first-order valence-corrected chi connectivity index (χ1v) is 8.38. The Morgan fingerprint density at radius 2 is 1.73 bits per heavy atom. The van der Waals surface area contributed by atoms with Crippen molar-refractivity contribution >= 4 is 11.8 Å². The molecule has 5 nitrogen and oxygen atoms in total. The average molecular weight is 358 g/mol. The molecule has 26 heavy (non-hydrogen) atoms. The number of hydrogen-bond acceptors (Lipinski definition) is 3. The second kappa shape index (κ2) is 8.99. The van der Waals surface area contributed by atoms with Gasteiger partial charge in [-0.1, -0.05) is 32.0 Å². The monoisotopic (exact) mass is 358 g/mol. The molecular formula is C20H23FN2O3. The minimum absolute atomic E-state index is 0.0626. The molecule has 0 unspecified atom stereocenters. The van der Waals surface area contributed by atoms with Crippen molar-refractivity contribution < 1.29 is 18.7 Å². The molecule has 0 aliphatic rings. The maximum absolute atomic E-state index is 13.7. The molecule has 0 radical (unpaired) electrons. The number of carbonyl (C=O) groups is 2. The molecule has 0 aliphatic heterocycles. The van der Waals surface area contributed by atoms with Crippen LogP contribution >= 0.6 is 0 Å². The van der Waals surface area contributed by atoms with Gasteiger partial charge in [-0.2, -0.15) is 0 Å². The van der Waals surface area contributed by atoms with Gasteiger partial charge in [-0.15, -0.1) is 0 Å². The van der Waals surface area contributed by atoms with E-state index in [4.69, 9.17) is 4.74 Å². The number of carbonyl (C=O) groups excluding carboxylic acids is 2. The zero-order chi connectivity index (χ0) is 19.1. The SMILES string of the molecule is COc1ccc(C(=O)N[C@@H](C(=O)NCc2ccccc2F)C(C)C)cc1. The van der Waals surface area contributed by atoms with Gasteiger partial charge in [0.2, 0.25) is 5.91 Å². The number of hydrogen-bond donors (Lipinski definition) is 2. The summed E-state index contributed by atoms with van der Waals surface area (Å²) >= 11 is 0. The summed E-state index contributed by atoms with van der Waals surface area (Å²) in [6.45, 7) is 3.73. The topological polar surface area (TPSA) is 67.4 Å². The van der Waals surface area contributed by atoms with Crippen LogP contribution in [0.15, 0.2) is 48.5 Å². The van der Waals surface area contributed by atoms with Crippen molar-refractivity contribution in [2.24, 2.45) is 5.92 Å². The molecule has 2 aromatic carbocycles. The van der Waals surface area contributed by atoms with Crippen LogP contribution in [0.25, 0.3) is 0 Å². The van der Waals surface area contributed by atoms with E-state index in [2.05, 4.69) is 10.6 Å². The zero-order valence-electron chi connectivity index (χ0n) is 15.1. The van der Waals surface area contributed by atoms with Crippen molar-refractivity contribution in [2.45, 2.75) is 26.4 Å². The molecule has 138 valence electrons. The third-order valence-corrected chi connectivity index (χ3v) is 4.00. The van der Waals surface area contributed by atoms with Gasteiger partial charge >= 0.3 is 0 Å². The molecule has 2 amide bonds. The summed E-state index contributed by atoms with van der Waals surface area (Å²) in [5, 5.41) is 5.42. The van der Waals surface area contributed by atoms with Gasteiger partial charge in [0.15, 0.2) is 0 Å². The van der Waals surface area contributed by atoms with Crippen LogP contribution in [-0.4, -0.2) is 25.0 Å². The first kappa shape index (κ1) is 19.4. The van der Waals surface area contributed by atoms with Crippen LogP contribution in [0.5, 0.6) is 5.75 Å². The molecule has 6 heteroatoms. The second-order valence-corrected chi connectivity index (χ2v) is 6.23. The smallest absolute Gasteiger partial charge is 0.251 e. The Balaban J connectivity index is 2.01. The van der Waals surface area contributed by atoms with Crippen molar-refractivity contribution in [3.05, 3.63) is 65.5 Å².